The molecule has 0 bridgehead atoms. The number of hydrogen-bond donors (Lipinski definition) is 3. The number of nitrogens with one attached hydrogen (secondary N) is 2. The first-order valence-electron chi connectivity index (χ1n) is 6.44. The van der Waals surface area contributed by atoms with Gasteiger partial charge < -0.3 is 15.7 Å². The van der Waals surface area contributed by atoms with Gasteiger partial charge in [-0.3, -0.25) is 9.59 Å². The number of nitrogens with zero attached hydrogens (tertiary/aromatic N) is 2. The molecule has 0 fully saturated rings. The third-order valence-electron chi connectivity index (χ3n) is 2.64. The third-order valence-corrected chi connectivity index (χ3v) is 2.64. The zero-order valence-corrected chi connectivity index (χ0v) is 11.5. The van der Waals surface area contributed by atoms with Gasteiger partial charge in [-0.15, -0.1) is 0 Å². The van der Waals surface area contributed by atoms with Crippen molar-refractivity contribution < 1.29 is 14.7 Å². The van der Waals surface area contributed by atoms with Gasteiger partial charge in [-0.25, -0.2) is 4.68 Å². The van der Waals surface area contributed by atoms with Crippen molar-refractivity contribution in [3.63, 3.8) is 0 Å². The van der Waals surface area contributed by atoms with E-state index in [0.717, 1.165) is 5.69 Å². The van der Waals surface area contributed by atoms with E-state index in [-0.39, 0.29) is 24.8 Å². The predicted molar refractivity (Wildman–Crippen MR) is 77.3 cm³/mol. The number of amides is 2. The second-order valence-electron chi connectivity index (χ2n) is 4.32. The molecular formula is C14H16N4O3. The number of aromatic nitrogens is 2. The molecule has 0 spiro atoms. The molecule has 0 saturated carbocycles. The lowest BCUT2D eigenvalue weighted by molar-refractivity contribution is -0.114. The molecule has 0 saturated heterocycles. The molecule has 0 aliphatic carbocycles. The fourth-order valence-electron chi connectivity index (χ4n) is 1.79. The molecule has 0 aliphatic rings. The Morgan fingerprint density at radius 3 is 2.62 bits per heavy atom. The molecule has 0 radical (unpaired) electrons. The van der Waals surface area contributed by atoms with E-state index in [1.54, 1.807) is 0 Å². The number of carbonyl (C=O) groups is 2. The summed E-state index contributed by atoms with van der Waals surface area (Å²) in [5.41, 5.74) is 0.888. The minimum atomic E-state index is -0.412. The first-order valence-corrected chi connectivity index (χ1v) is 6.44. The van der Waals surface area contributed by atoms with Crippen LogP contribution in [-0.2, 0) is 4.79 Å². The van der Waals surface area contributed by atoms with E-state index in [1.165, 1.54) is 17.7 Å². The maximum atomic E-state index is 11.9. The molecule has 7 heteroatoms. The summed E-state index contributed by atoms with van der Waals surface area (Å²) in [4.78, 5) is 23.1. The summed E-state index contributed by atoms with van der Waals surface area (Å²) in [7, 11) is 0. The van der Waals surface area contributed by atoms with E-state index < -0.39 is 5.91 Å². The van der Waals surface area contributed by atoms with Crippen molar-refractivity contribution in [3.05, 3.63) is 42.1 Å². The number of rotatable bonds is 5. The normalized spacial score (nSPS) is 10.2. The van der Waals surface area contributed by atoms with Gasteiger partial charge in [0.25, 0.3) is 5.91 Å². The van der Waals surface area contributed by atoms with Crippen molar-refractivity contribution in [3.8, 4) is 5.69 Å². The van der Waals surface area contributed by atoms with Crippen LogP contribution < -0.4 is 10.6 Å². The molecule has 1 aromatic heterocycles. The van der Waals surface area contributed by atoms with Crippen LogP contribution in [0.1, 0.15) is 17.4 Å². The van der Waals surface area contributed by atoms with Gasteiger partial charge in [-0.2, -0.15) is 5.10 Å². The van der Waals surface area contributed by atoms with Gasteiger partial charge in [-0.1, -0.05) is 18.2 Å². The lowest BCUT2D eigenvalue weighted by atomic mass is 10.3. The second-order valence-corrected chi connectivity index (χ2v) is 4.32. The van der Waals surface area contributed by atoms with Crippen LogP contribution in [0.25, 0.3) is 5.69 Å². The van der Waals surface area contributed by atoms with Gasteiger partial charge in [0.15, 0.2) is 5.69 Å². The average molecular weight is 288 g/mol. The lowest BCUT2D eigenvalue weighted by Crippen LogP contribution is -2.26. The van der Waals surface area contributed by atoms with Crippen LogP contribution in [0.3, 0.4) is 0 Å². The molecule has 2 amide bonds. The highest BCUT2D eigenvalue weighted by atomic mass is 16.3. The van der Waals surface area contributed by atoms with Gasteiger partial charge in [0, 0.05) is 19.5 Å². The number of para-hydroxylation sites is 1. The van der Waals surface area contributed by atoms with E-state index >= 15 is 0 Å². The number of anilines is 1. The van der Waals surface area contributed by atoms with Gasteiger partial charge in [0.1, 0.15) is 5.82 Å². The highest BCUT2D eigenvalue weighted by molar-refractivity contribution is 5.95. The summed E-state index contributed by atoms with van der Waals surface area (Å²) in [6, 6.07) is 10.6. The van der Waals surface area contributed by atoms with Crippen LogP contribution in [0.15, 0.2) is 36.4 Å². The molecule has 1 aromatic carbocycles. The van der Waals surface area contributed by atoms with Gasteiger partial charge >= 0.3 is 0 Å². The zero-order valence-electron chi connectivity index (χ0n) is 11.5. The van der Waals surface area contributed by atoms with Crippen molar-refractivity contribution in [2.45, 2.75) is 6.92 Å². The van der Waals surface area contributed by atoms with Crippen molar-refractivity contribution in [1.29, 1.82) is 0 Å². The summed E-state index contributed by atoms with van der Waals surface area (Å²) in [6.07, 6.45) is 0. The number of hydrogen-bond acceptors (Lipinski definition) is 4. The molecule has 0 aliphatic heterocycles. The number of aliphatic hydroxyl groups is 1. The topological polar surface area (TPSA) is 96.2 Å². The van der Waals surface area contributed by atoms with E-state index in [9.17, 15) is 9.59 Å². The molecule has 21 heavy (non-hydrogen) atoms. The summed E-state index contributed by atoms with van der Waals surface area (Å²) < 4.78 is 1.48. The number of benzene rings is 1. The molecule has 2 aromatic rings. The Morgan fingerprint density at radius 1 is 1.29 bits per heavy atom. The first-order chi connectivity index (χ1) is 10.1. The first kappa shape index (κ1) is 14.7. The Kier molecular flexibility index (Phi) is 4.68. The molecule has 2 rings (SSSR count). The summed E-state index contributed by atoms with van der Waals surface area (Å²) in [5, 5.41) is 18.1. The van der Waals surface area contributed by atoms with E-state index in [0.29, 0.717) is 5.82 Å². The summed E-state index contributed by atoms with van der Waals surface area (Å²) >= 11 is 0. The van der Waals surface area contributed by atoms with Crippen LogP contribution >= 0.6 is 0 Å². The van der Waals surface area contributed by atoms with Crippen LogP contribution in [0, 0.1) is 0 Å². The molecule has 3 N–H and O–H groups in total. The minimum Gasteiger partial charge on any atom is -0.395 e. The molecule has 1 heterocycles. The highest BCUT2D eigenvalue weighted by Crippen LogP contribution is 2.17. The zero-order chi connectivity index (χ0) is 15.2. The van der Waals surface area contributed by atoms with Crippen LogP contribution in [0.4, 0.5) is 5.82 Å². The molecule has 110 valence electrons. The summed E-state index contributed by atoms with van der Waals surface area (Å²) in [6.45, 7) is 1.38. The SMILES string of the molecule is CC(=O)Nc1cc(C(=O)NCCO)nn1-c1ccccc1. The predicted octanol–water partition coefficient (Wildman–Crippen LogP) is 0.553. The Bertz CT molecular complexity index is 637. The van der Waals surface area contributed by atoms with Crippen molar-refractivity contribution in [1.82, 2.24) is 15.1 Å². The third kappa shape index (κ3) is 3.67. The maximum absolute atomic E-state index is 11.9. The highest BCUT2D eigenvalue weighted by Gasteiger charge is 2.15. The Morgan fingerprint density at radius 2 is 2.00 bits per heavy atom. The smallest absolute Gasteiger partial charge is 0.271 e. The Hall–Kier alpha value is -2.67. The van der Waals surface area contributed by atoms with E-state index in [1.807, 2.05) is 30.3 Å². The monoisotopic (exact) mass is 288 g/mol. The quantitative estimate of drug-likeness (QED) is 0.748. The standard InChI is InChI=1S/C14H16N4O3/c1-10(20)16-13-9-12(14(21)15-7-8-19)17-18(13)11-5-3-2-4-6-11/h2-6,9,19H,7-8H2,1H3,(H,15,21)(H,16,20). The van der Waals surface area contributed by atoms with Crippen molar-refractivity contribution in [2.24, 2.45) is 0 Å². The van der Waals surface area contributed by atoms with E-state index in [4.69, 9.17) is 5.11 Å². The molecule has 7 nitrogen and oxygen atoms in total. The largest absolute Gasteiger partial charge is 0.395 e. The van der Waals surface area contributed by atoms with Gasteiger partial charge in [0.05, 0.1) is 12.3 Å². The summed E-state index contributed by atoms with van der Waals surface area (Å²) in [5.74, 6) is -0.262. The second kappa shape index (κ2) is 6.67. The fourth-order valence-corrected chi connectivity index (χ4v) is 1.79. The van der Waals surface area contributed by atoms with Crippen molar-refractivity contribution >= 4 is 17.6 Å². The van der Waals surface area contributed by atoms with Crippen LogP contribution in [-0.4, -0.2) is 39.9 Å². The van der Waals surface area contributed by atoms with Crippen molar-refractivity contribution in [2.75, 3.05) is 18.5 Å². The molecule has 0 unspecified atom stereocenters. The Labute approximate surface area is 121 Å². The lowest BCUT2D eigenvalue weighted by Gasteiger charge is -2.06. The fraction of sp³-hybridized carbons (Fsp3) is 0.214. The average Bonchev–Trinajstić information content (AvgIpc) is 2.89. The Balaban J connectivity index is 2.36. The minimum absolute atomic E-state index is 0.145. The number of carbonyl (C=O) groups excluding carboxylic acids is 2. The van der Waals surface area contributed by atoms with Crippen LogP contribution in [0.5, 0.6) is 0 Å². The van der Waals surface area contributed by atoms with Crippen LogP contribution in [0.2, 0.25) is 0 Å². The maximum Gasteiger partial charge on any atom is 0.271 e. The van der Waals surface area contributed by atoms with E-state index in [2.05, 4.69) is 15.7 Å². The van der Waals surface area contributed by atoms with Gasteiger partial charge in [0.2, 0.25) is 5.91 Å². The van der Waals surface area contributed by atoms with Gasteiger partial charge in [-0.05, 0) is 12.1 Å². The molecular weight excluding hydrogens is 272 g/mol. The number of aliphatic hydroxyl groups excluding tert-OH is 1. The molecule has 0 atom stereocenters.